The predicted octanol–water partition coefficient (Wildman–Crippen LogP) is 6.63. The average molecular weight is 424 g/mol. The fraction of sp³-hybridized carbons (Fsp3) is 0.333. The van der Waals surface area contributed by atoms with Gasteiger partial charge < -0.3 is 10.2 Å². The lowest BCUT2D eigenvalue weighted by atomic mass is 10.1. The average Bonchev–Trinajstić information content (AvgIpc) is 2.74. The molecule has 2 aromatic carbocycles. The number of hydrogen-bond donors (Lipinski definition) is 1. The van der Waals surface area contributed by atoms with E-state index in [-0.39, 0.29) is 0 Å². The van der Waals surface area contributed by atoms with Gasteiger partial charge >= 0.3 is 0 Å². The minimum Gasteiger partial charge on any atom is -0.355 e. The summed E-state index contributed by atoms with van der Waals surface area (Å²) in [4.78, 5) is 4.80. The third kappa shape index (κ3) is 4.68. The van der Waals surface area contributed by atoms with Crippen LogP contribution in [0.25, 0.3) is 5.70 Å². The van der Waals surface area contributed by atoms with Crippen molar-refractivity contribution in [2.75, 3.05) is 36.1 Å². The molecule has 0 bridgehead atoms. The molecular weight excluding hydrogens is 394 g/mol. The zero-order valence-corrected chi connectivity index (χ0v) is 19.0. The van der Waals surface area contributed by atoms with Crippen molar-refractivity contribution in [2.24, 2.45) is 0 Å². The Labute approximate surface area is 183 Å². The van der Waals surface area contributed by atoms with E-state index >= 15 is 0 Å². The largest absolute Gasteiger partial charge is 0.355 e. The molecule has 0 radical (unpaired) electrons. The van der Waals surface area contributed by atoms with Gasteiger partial charge in [-0.05, 0) is 67.1 Å². The molecule has 2 aliphatic heterocycles. The number of hydrogen-bond acceptors (Lipinski definition) is 5. The maximum Gasteiger partial charge on any atom is 0.0550 e. The minimum absolute atomic E-state index is 0.917. The first-order valence-corrected chi connectivity index (χ1v) is 12.0. The number of nitrogens with one attached hydrogen (secondary N) is 1. The molecule has 2 aromatic rings. The number of nitrogens with zero attached hydrogens (tertiary/aromatic N) is 2. The Bertz CT molecular complexity index is 932. The van der Waals surface area contributed by atoms with E-state index in [1.165, 1.54) is 53.4 Å². The zero-order valence-electron chi connectivity index (χ0n) is 17.3. The summed E-state index contributed by atoms with van der Waals surface area (Å²) in [5, 5.41) is 3.52. The lowest BCUT2D eigenvalue weighted by molar-refractivity contribution is 0.380. The summed E-state index contributed by atoms with van der Waals surface area (Å²) in [6.45, 7) is 13.0. The predicted molar refractivity (Wildman–Crippen MR) is 130 cm³/mol. The Kier molecular flexibility index (Phi) is 6.28. The molecule has 0 spiro atoms. The van der Waals surface area contributed by atoms with Crippen molar-refractivity contribution >= 4 is 40.8 Å². The summed E-state index contributed by atoms with van der Waals surface area (Å²) in [6, 6.07) is 13.1. The molecule has 1 saturated heterocycles. The van der Waals surface area contributed by atoms with Crippen molar-refractivity contribution in [1.29, 1.82) is 0 Å². The van der Waals surface area contributed by atoms with Crippen LogP contribution in [0, 0.1) is 6.92 Å². The van der Waals surface area contributed by atoms with E-state index in [1.807, 2.05) is 23.7 Å². The fourth-order valence-corrected chi connectivity index (χ4v) is 5.77. The van der Waals surface area contributed by atoms with Crippen LogP contribution in [0.4, 0.5) is 11.4 Å². The smallest absolute Gasteiger partial charge is 0.0550 e. The molecule has 0 atom stereocenters. The number of thioether (sulfide) groups is 1. The maximum absolute atomic E-state index is 4.30. The van der Waals surface area contributed by atoms with Crippen LogP contribution in [0.15, 0.2) is 65.0 Å². The highest BCUT2D eigenvalue weighted by Crippen LogP contribution is 2.39. The maximum atomic E-state index is 4.30. The number of aryl methyl sites for hydroxylation is 1. The third-order valence-electron chi connectivity index (χ3n) is 5.56. The molecule has 3 nitrogen and oxygen atoms in total. The molecule has 1 N–H and O–H groups in total. The number of anilines is 2. The fourth-order valence-electron chi connectivity index (χ4n) is 3.64. The first-order chi connectivity index (χ1) is 14.0. The molecule has 152 valence electrons. The van der Waals surface area contributed by atoms with Gasteiger partial charge in [-0.3, -0.25) is 0 Å². The normalized spacial score (nSPS) is 17.2. The number of piperidine rings is 1. The second kappa shape index (κ2) is 8.90. The molecule has 4 rings (SSSR count). The van der Waals surface area contributed by atoms with E-state index in [4.69, 9.17) is 0 Å². The van der Waals surface area contributed by atoms with Gasteiger partial charge in [0.05, 0.1) is 5.69 Å². The molecule has 0 amide bonds. The van der Waals surface area contributed by atoms with Crippen LogP contribution in [0.3, 0.4) is 0 Å². The van der Waals surface area contributed by atoms with Gasteiger partial charge in [0.15, 0.2) is 0 Å². The van der Waals surface area contributed by atoms with Crippen LogP contribution < -0.4 is 10.2 Å². The van der Waals surface area contributed by atoms with E-state index in [2.05, 4.69) is 78.0 Å². The molecule has 2 aliphatic rings. The second-order valence-corrected chi connectivity index (χ2v) is 9.92. The van der Waals surface area contributed by atoms with E-state index in [0.717, 1.165) is 28.4 Å². The summed E-state index contributed by atoms with van der Waals surface area (Å²) in [5.41, 5.74) is 6.78. The lowest BCUT2D eigenvalue weighted by Gasteiger charge is -2.29. The van der Waals surface area contributed by atoms with E-state index in [9.17, 15) is 0 Å². The van der Waals surface area contributed by atoms with Crippen molar-refractivity contribution in [3.8, 4) is 0 Å². The second-order valence-electron chi connectivity index (χ2n) is 7.76. The number of fused-ring (bicyclic) bond motifs is 1. The molecule has 1 fully saturated rings. The zero-order chi connectivity index (χ0) is 20.4. The summed E-state index contributed by atoms with van der Waals surface area (Å²) < 4.78 is 2.49. The molecule has 2 heterocycles. The van der Waals surface area contributed by atoms with Gasteiger partial charge in [0, 0.05) is 52.8 Å². The first kappa shape index (κ1) is 20.5. The van der Waals surface area contributed by atoms with E-state index in [1.54, 1.807) is 0 Å². The van der Waals surface area contributed by atoms with Gasteiger partial charge in [-0.15, -0.1) is 11.8 Å². The number of rotatable bonds is 5. The first-order valence-electron chi connectivity index (χ1n) is 10.2. The van der Waals surface area contributed by atoms with Crippen LogP contribution in [-0.2, 0) is 0 Å². The molecule has 5 heteroatoms. The summed E-state index contributed by atoms with van der Waals surface area (Å²) in [7, 11) is 2.09. The lowest BCUT2D eigenvalue weighted by Crippen LogP contribution is -2.22. The van der Waals surface area contributed by atoms with Gasteiger partial charge in [0.25, 0.3) is 0 Å². The van der Waals surface area contributed by atoms with Crippen LogP contribution in [-0.4, -0.2) is 30.2 Å². The molecule has 0 saturated carbocycles. The number of benzene rings is 2. The third-order valence-corrected chi connectivity index (χ3v) is 7.96. The Balaban J connectivity index is 1.50. The van der Waals surface area contributed by atoms with Crippen LogP contribution in [0.5, 0.6) is 0 Å². The highest BCUT2D eigenvalue weighted by Gasteiger charge is 2.18. The monoisotopic (exact) mass is 423 g/mol. The van der Waals surface area contributed by atoms with Crippen LogP contribution >= 0.6 is 23.7 Å². The van der Waals surface area contributed by atoms with Crippen molar-refractivity contribution in [1.82, 2.24) is 4.31 Å². The van der Waals surface area contributed by atoms with Crippen LogP contribution in [0.2, 0.25) is 0 Å². The summed E-state index contributed by atoms with van der Waals surface area (Å²) in [5.74, 6) is 0.947. The van der Waals surface area contributed by atoms with Gasteiger partial charge in [0.1, 0.15) is 0 Å². The molecule has 29 heavy (non-hydrogen) atoms. The van der Waals surface area contributed by atoms with Gasteiger partial charge in [0.2, 0.25) is 0 Å². The highest BCUT2D eigenvalue weighted by molar-refractivity contribution is 7.99. The quantitative estimate of drug-likeness (QED) is 0.543. The highest BCUT2D eigenvalue weighted by atomic mass is 32.2. The summed E-state index contributed by atoms with van der Waals surface area (Å²) >= 11 is 3.74. The van der Waals surface area contributed by atoms with Gasteiger partial charge in [-0.25, -0.2) is 4.31 Å². The Morgan fingerprint density at radius 3 is 2.69 bits per heavy atom. The topological polar surface area (TPSA) is 18.5 Å². The molecule has 0 aliphatic carbocycles. The van der Waals surface area contributed by atoms with Crippen molar-refractivity contribution < 1.29 is 0 Å². The Morgan fingerprint density at radius 2 is 1.90 bits per heavy atom. The SMILES string of the molecule is C=C(Nc1ccc(C)c(SN2CCCCC2)c1)c1ccc2c(c1)N(C)C(=C)CS2. The van der Waals surface area contributed by atoms with E-state index in [0.29, 0.717) is 0 Å². The van der Waals surface area contributed by atoms with Crippen molar-refractivity contribution in [3.05, 3.63) is 66.4 Å². The van der Waals surface area contributed by atoms with Gasteiger partial charge in [-0.2, -0.15) is 0 Å². The van der Waals surface area contributed by atoms with Crippen molar-refractivity contribution in [2.45, 2.75) is 36.0 Å². The van der Waals surface area contributed by atoms with Gasteiger partial charge in [-0.1, -0.05) is 31.7 Å². The van der Waals surface area contributed by atoms with Crippen molar-refractivity contribution in [3.63, 3.8) is 0 Å². The van der Waals surface area contributed by atoms with E-state index < -0.39 is 0 Å². The molecule has 0 unspecified atom stereocenters. The Morgan fingerprint density at radius 1 is 1.10 bits per heavy atom. The van der Waals surface area contributed by atoms with Crippen LogP contribution in [0.1, 0.15) is 30.4 Å². The summed E-state index contributed by atoms with van der Waals surface area (Å²) in [6.07, 6.45) is 3.97. The standard InChI is InChI=1S/C24H29N3S2/c1-17-8-10-21(15-24(17)29-27-12-6-5-7-13-27)25-19(3)20-9-11-23-22(14-20)26(4)18(2)16-28-23/h8-11,14-15,25H,2-3,5-7,12-13,16H2,1,4H3. The molecule has 0 aromatic heterocycles. The molecular formula is C24H29N3S2. The Hall–Kier alpha value is -1.82. The minimum atomic E-state index is 0.917.